The summed E-state index contributed by atoms with van der Waals surface area (Å²) < 4.78 is 7.23. The average Bonchev–Trinajstić information content (AvgIpc) is 3.24. The van der Waals surface area contributed by atoms with Crippen molar-refractivity contribution < 1.29 is 9.53 Å². The van der Waals surface area contributed by atoms with Crippen LogP contribution in [0, 0.1) is 11.3 Å². The molecule has 0 fully saturated rings. The van der Waals surface area contributed by atoms with Crippen molar-refractivity contribution >= 4 is 5.97 Å². The van der Waals surface area contributed by atoms with E-state index in [9.17, 15) is 4.79 Å². The molecule has 0 bridgehead atoms. The van der Waals surface area contributed by atoms with E-state index >= 15 is 0 Å². The minimum Gasteiger partial charge on any atom is -0.423 e. The first-order valence-corrected chi connectivity index (χ1v) is 9.62. The van der Waals surface area contributed by atoms with Gasteiger partial charge in [-0.25, -0.2) is 4.79 Å². The van der Waals surface area contributed by atoms with E-state index in [4.69, 9.17) is 10.00 Å². The van der Waals surface area contributed by atoms with E-state index in [-0.39, 0.29) is 0 Å². The number of esters is 1. The zero-order chi connectivity index (χ0) is 20.8. The van der Waals surface area contributed by atoms with Gasteiger partial charge in [0.25, 0.3) is 0 Å². The van der Waals surface area contributed by atoms with Crippen molar-refractivity contribution in [3.05, 3.63) is 96.7 Å². The molecule has 0 amide bonds. The van der Waals surface area contributed by atoms with Gasteiger partial charge in [0, 0.05) is 11.8 Å². The molecule has 0 aliphatic carbocycles. The van der Waals surface area contributed by atoms with E-state index in [1.807, 2.05) is 72.8 Å². The van der Waals surface area contributed by atoms with E-state index in [2.05, 4.69) is 11.2 Å². The highest BCUT2D eigenvalue weighted by Crippen LogP contribution is 2.26. The molecule has 0 aliphatic heterocycles. The van der Waals surface area contributed by atoms with Gasteiger partial charge < -0.3 is 4.74 Å². The number of rotatable bonds is 6. The fourth-order valence-corrected chi connectivity index (χ4v) is 3.17. The molecule has 1 heterocycles. The van der Waals surface area contributed by atoms with Gasteiger partial charge >= 0.3 is 5.97 Å². The number of ether oxygens (including phenoxy) is 1. The van der Waals surface area contributed by atoms with Crippen LogP contribution in [0.15, 0.2) is 91.1 Å². The van der Waals surface area contributed by atoms with Crippen LogP contribution in [-0.4, -0.2) is 15.7 Å². The van der Waals surface area contributed by atoms with Gasteiger partial charge in [0.15, 0.2) is 0 Å². The molecule has 0 radical (unpaired) electrons. The van der Waals surface area contributed by atoms with Gasteiger partial charge in [0.1, 0.15) is 17.0 Å². The first-order chi connectivity index (χ1) is 14.7. The third-order valence-corrected chi connectivity index (χ3v) is 4.65. The molecule has 5 heteroatoms. The van der Waals surface area contributed by atoms with E-state index in [0.29, 0.717) is 30.0 Å². The van der Waals surface area contributed by atoms with Crippen LogP contribution in [-0.2, 0) is 6.54 Å². The van der Waals surface area contributed by atoms with E-state index in [1.165, 1.54) is 0 Å². The van der Waals surface area contributed by atoms with Crippen LogP contribution < -0.4 is 4.74 Å². The van der Waals surface area contributed by atoms with Crippen LogP contribution in [0.3, 0.4) is 0 Å². The predicted octanol–water partition coefficient (Wildman–Crippen LogP) is 5.35. The summed E-state index contributed by atoms with van der Waals surface area (Å²) in [5.41, 5.74) is 3.87. The first kappa shape index (κ1) is 19.2. The molecule has 0 N–H and O–H groups in total. The maximum atomic E-state index is 12.9. The van der Waals surface area contributed by atoms with Gasteiger partial charge in [-0.3, -0.25) is 4.68 Å². The second-order valence-electron chi connectivity index (χ2n) is 6.71. The monoisotopic (exact) mass is 393 g/mol. The fraction of sp³-hybridized carbons (Fsp3) is 0.0800. The van der Waals surface area contributed by atoms with Crippen molar-refractivity contribution in [1.29, 1.82) is 5.26 Å². The largest absolute Gasteiger partial charge is 0.423 e. The number of nitrogens with zero attached hydrogens (tertiary/aromatic N) is 3. The number of carbonyl (C=O) groups excluding carboxylic acids is 1. The van der Waals surface area contributed by atoms with Crippen molar-refractivity contribution in [3.8, 4) is 34.2 Å². The molecular formula is C25H19N3O2. The molecule has 0 aliphatic rings. The standard InChI is InChI=1S/C25H19N3O2/c26-16-7-17-28-18-23(24(27-28)21-10-5-2-6-11-21)25(29)30-22-14-12-20(13-15-22)19-8-3-1-4-9-19/h1-6,8-15,18H,7,17H2. The highest BCUT2D eigenvalue weighted by Gasteiger charge is 2.20. The highest BCUT2D eigenvalue weighted by molar-refractivity contribution is 5.97. The Morgan fingerprint density at radius 1 is 0.867 bits per heavy atom. The van der Waals surface area contributed by atoms with Crippen LogP contribution in [0.1, 0.15) is 16.8 Å². The molecule has 3 aromatic carbocycles. The SMILES string of the molecule is N#CCCn1cc(C(=O)Oc2ccc(-c3ccccc3)cc2)c(-c2ccccc2)n1. The normalized spacial score (nSPS) is 10.4. The number of carbonyl (C=O) groups is 1. The topological polar surface area (TPSA) is 67.9 Å². The molecule has 30 heavy (non-hydrogen) atoms. The summed E-state index contributed by atoms with van der Waals surface area (Å²) in [6, 6.07) is 29.0. The number of aryl methyl sites for hydroxylation is 1. The Labute approximate surface area is 174 Å². The average molecular weight is 393 g/mol. The van der Waals surface area contributed by atoms with Crippen LogP contribution in [0.25, 0.3) is 22.4 Å². The lowest BCUT2D eigenvalue weighted by Gasteiger charge is -2.06. The van der Waals surface area contributed by atoms with Gasteiger partial charge in [-0.15, -0.1) is 0 Å². The summed E-state index contributed by atoms with van der Waals surface area (Å²) in [4.78, 5) is 12.9. The Morgan fingerprint density at radius 3 is 2.10 bits per heavy atom. The van der Waals surface area contributed by atoms with Crippen molar-refractivity contribution in [2.75, 3.05) is 0 Å². The second-order valence-corrected chi connectivity index (χ2v) is 6.71. The maximum Gasteiger partial charge on any atom is 0.347 e. The molecule has 0 unspecified atom stereocenters. The van der Waals surface area contributed by atoms with Crippen molar-refractivity contribution in [3.63, 3.8) is 0 Å². The number of aromatic nitrogens is 2. The molecule has 0 atom stereocenters. The van der Waals surface area contributed by atoms with E-state index in [0.717, 1.165) is 16.7 Å². The van der Waals surface area contributed by atoms with Crippen LogP contribution in [0.4, 0.5) is 0 Å². The molecule has 0 saturated heterocycles. The molecule has 1 aromatic heterocycles. The lowest BCUT2D eigenvalue weighted by molar-refractivity contribution is 0.0735. The Balaban J connectivity index is 1.58. The summed E-state index contributed by atoms with van der Waals surface area (Å²) in [7, 11) is 0. The Bertz CT molecular complexity index is 1170. The van der Waals surface area contributed by atoms with Gasteiger partial charge in [0.2, 0.25) is 0 Å². The quantitative estimate of drug-likeness (QED) is 0.327. The number of benzene rings is 3. The zero-order valence-corrected chi connectivity index (χ0v) is 16.2. The number of nitriles is 1. The summed E-state index contributed by atoms with van der Waals surface area (Å²) >= 11 is 0. The number of hydrogen-bond donors (Lipinski definition) is 0. The number of hydrogen-bond acceptors (Lipinski definition) is 4. The van der Waals surface area contributed by atoms with Crippen LogP contribution in [0.5, 0.6) is 5.75 Å². The fourth-order valence-electron chi connectivity index (χ4n) is 3.17. The van der Waals surface area contributed by atoms with Gasteiger partial charge in [-0.05, 0) is 23.3 Å². The molecule has 146 valence electrons. The molecule has 0 saturated carbocycles. The third kappa shape index (κ3) is 4.29. The first-order valence-electron chi connectivity index (χ1n) is 9.62. The maximum absolute atomic E-state index is 12.9. The molecular weight excluding hydrogens is 374 g/mol. The molecule has 4 rings (SSSR count). The Hall–Kier alpha value is -4.17. The lowest BCUT2D eigenvalue weighted by atomic mass is 10.1. The molecule has 5 nitrogen and oxygen atoms in total. The summed E-state index contributed by atoms with van der Waals surface area (Å²) in [6.45, 7) is 0.412. The Morgan fingerprint density at radius 2 is 1.47 bits per heavy atom. The second kappa shape index (κ2) is 8.89. The van der Waals surface area contributed by atoms with E-state index < -0.39 is 5.97 Å². The van der Waals surface area contributed by atoms with Crippen molar-refractivity contribution in [2.45, 2.75) is 13.0 Å². The highest BCUT2D eigenvalue weighted by atomic mass is 16.5. The molecule has 0 spiro atoms. The van der Waals surface area contributed by atoms with Crippen LogP contribution >= 0.6 is 0 Å². The minimum atomic E-state index is -0.482. The van der Waals surface area contributed by atoms with Gasteiger partial charge in [-0.2, -0.15) is 10.4 Å². The summed E-state index contributed by atoms with van der Waals surface area (Å²) in [6.07, 6.45) is 1.95. The smallest absolute Gasteiger partial charge is 0.347 e. The van der Waals surface area contributed by atoms with Crippen molar-refractivity contribution in [1.82, 2.24) is 9.78 Å². The van der Waals surface area contributed by atoms with E-state index in [1.54, 1.807) is 23.0 Å². The van der Waals surface area contributed by atoms with Gasteiger partial charge in [0.05, 0.1) is 19.0 Å². The predicted molar refractivity (Wildman–Crippen MR) is 115 cm³/mol. The van der Waals surface area contributed by atoms with Crippen LogP contribution in [0.2, 0.25) is 0 Å². The third-order valence-electron chi connectivity index (χ3n) is 4.65. The summed E-state index contributed by atoms with van der Waals surface area (Å²) in [5.74, 6) is -0.0204. The Kier molecular flexibility index (Phi) is 5.68. The lowest BCUT2D eigenvalue weighted by Crippen LogP contribution is -2.09. The van der Waals surface area contributed by atoms with Gasteiger partial charge in [-0.1, -0.05) is 72.8 Å². The molecule has 4 aromatic rings. The minimum absolute atomic E-state index is 0.311. The summed E-state index contributed by atoms with van der Waals surface area (Å²) in [5, 5.41) is 13.3. The zero-order valence-electron chi connectivity index (χ0n) is 16.2. The van der Waals surface area contributed by atoms with Crippen molar-refractivity contribution in [2.24, 2.45) is 0 Å².